The standard InChI is InChI=1S/C19H19FN4O/c20-16-8-6-15(7-9-16)18(17-5-1-2-10-21-17)23-19(25)22-11-14-24-12-3-4-13-24/h1-10,12-13,18H,11,14H2,(H2,22,23,25)/t18-/m1/s1. The van der Waals surface area contributed by atoms with Crippen LogP contribution in [0.25, 0.3) is 0 Å². The predicted molar refractivity (Wildman–Crippen MR) is 93.4 cm³/mol. The van der Waals surface area contributed by atoms with E-state index in [1.165, 1.54) is 12.1 Å². The van der Waals surface area contributed by atoms with Crippen molar-refractivity contribution in [2.24, 2.45) is 0 Å². The van der Waals surface area contributed by atoms with Crippen molar-refractivity contribution in [3.63, 3.8) is 0 Å². The highest BCUT2D eigenvalue weighted by Gasteiger charge is 2.17. The summed E-state index contributed by atoms with van der Waals surface area (Å²) in [5.41, 5.74) is 1.45. The van der Waals surface area contributed by atoms with Gasteiger partial charge in [0.15, 0.2) is 0 Å². The SMILES string of the molecule is O=C(NCCn1cccc1)N[C@H](c1ccc(F)cc1)c1ccccn1. The molecule has 3 aromatic rings. The molecule has 0 aliphatic rings. The lowest BCUT2D eigenvalue weighted by Gasteiger charge is -2.19. The van der Waals surface area contributed by atoms with Gasteiger partial charge in [-0.05, 0) is 42.0 Å². The van der Waals surface area contributed by atoms with E-state index >= 15 is 0 Å². The minimum absolute atomic E-state index is 0.299. The van der Waals surface area contributed by atoms with Gasteiger partial charge in [-0.25, -0.2) is 9.18 Å². The number of aromatic nitrogens is 2. The van der Waals surface area contributed by atoms with E-state index in [9.17, 15) is 9.18 Å². The molecule has 0 saturated heterocycles. The summed E-state index contributed by atoms with van der Waals surface area (Å²) in [5, 5.41) is 5.73. The van der Waals surface area contributed by atoms with Gasteiger partial charge in [-0.1, -0.05) is 18.2 Å². The highest BCUT2D eigenvalue weighted by atomic mass is 19.1. The lowest BCUT2D eigenvalue weighted by molar-refractivity contribution is 0.238. The Morgan fingerprint density at radius 1 is 1.08 bits per heavy atom. The van der Waals surface area contributed by atoms with Gasteiger partial charge >= 0.3 is 6.03 Å². The lowest BCUT2D eigenvalue weighted by atomic mass is 10.0. The Morgan fingerprint density at radius 3 is 2.52 bits per heavy atom. The van der Waals surface area contributed by atoms with E-state index in [2.05, 4.69) is 15.6 Å². The van der Waals surface area contributed by atoms with Crippen molar-refractivity contribution in [1.29, 1.82) is 0 Å². The van der Waals surface area contributed by atoms with Crippen LogP contribution < -0.4 is 10.6 Å². The molecule has 2 heterocycles. The van der Waals surface area contributed by atoms with Gasteiger partial charge in [-0.15, -0.1) is 0 Å². The van der Waals surface area contributed by atoms with Gasteiger partial charge in [0.05, 0.1) is 11.7 Å². The van der Waals surface area contributed by atoms with Gasteiger partial charge in [0.1, 0.15) is 5.82 Å². The van der Waals surface area contributed by atoms with Crippen LogP contribution >= 0.6 is 0 Å². The summed E-state index contributed by atoms with van der Waals surface area (Å²) < 4.78 is 15.2. The summed E-state index contributed by atoms with van der Waals surface area (Å²) in [4.78, 5) is 16.6. The topological polar surface area (TPSA) is 59.0 Å². The maximum atomic E-state index is 13.2. The zero-order valence-electron chi connectivity index (χ0n) is 13.6. The van der Waals surface area contributed by atoms with E-state index < -0.39 is 6.04 Å². The van der Waals surface area contributed by atoms with Gasteiger partial charge in [0.2, 0.25) is 0 Å². The van der Waals surface area contributed by atoms with Crippen LogP contribution in [0.2, 0.25) is 0 Å². The monoisotopic (exact) mass is 338 g/mol. The Hall–Kier alpha value is -3.15. The minimum atomic E-state index is -0.451. The molecule has 0 aliphatic heterocycles. The number of carbonyl (C=O) groups is 1. The van der Waals surface area contributed by atoms with Crippen molar-refractivity contribution in [2.75, 3.05) is 6.54 Å². The molecule has 0 radical (unpaired) electrons. The third-order valence-corrected chi connectivity index (χ3v) is 3.78. The Morgan fingerprint density at radius 2 is 1.84 bits per heavy atom. The molecule has 2 aromatic heterocycles. The normalized spacial score (nSPS) is 11.7. The molecule has 0 aliphatic carbocycles. The predicted octanol–water partition coefficient (Wildman–Crippen LogP) is 3.11. The largest absolute Gasteiger partial charge is 0.353 e. The van der Waals surface area contributed by atoms with Crippen molar-refractivity contribution in [2.45, 2.75) is 12.6 Å². The molecule has 128 valence electrons. The van der Waals surface area contributed by atoms with Crippen LogP contribution in [0.4, 0.5) is 9.18 Å². The summed E-state index contributed by atoms with van der Waals surface area (Å²) in [6.45, 7) is 1.18. The summed E-state index contributed by atoms with van der Waals surface area (Å²) in [5.74, 6) is -0.320. The molecule has 0 unspecified atom stereocenters. The van der Waals surface area contributed by atoms with Crippen molar-refractivity contribution >= 4 is 6.03 Å². The van der Waals surface area contributed by atoms with Crippen LogP contribution in [0.3, 0.4) is 0 Å². The third-order valence-electron chi connectivity index (χ3n) is 3.78. The number of amides is 2. The number of halogens is 1. The smallest absolute Gasteiger partial charge is 0.315 e. The quantitative estimate of drug-likeness (QED) is 0.725. The highest BCUT2D eigenvalue weighted by molar-refractivity contribution is 5.74. The number of nitrogens with one attached hydrogen (secondary N) is 2. The van der Waals surface area contributed by atoms with E-state index in [1.54, 1.807) is 18.3 Å². The van der Waals surface area contributed by atoms with Gasteiger partial charge < -0.3 is 15.2 Å². The second-order valence-corrected chi connectivity index (χ2v) is 5.56. The molecule has 3 rings (SSSR count). The number of carbonyl (C=O) groups excluding carboxylic acids is 1. The van der Waals surface area contributed by atoms with Crippen molar-refractivity contribution in [1.82, 2.24) is 20.2 Å². The van der Waals surface area contributed by atoms with E-state index in [1.807, 2.05) is 47.3 Å². The number of urea groups is 1. The number of nitrogens with zero attached hydrogens (tertiary/aromatic N) is 2. The number of pyridine rings is 1. The maximum Gasteiger partial charge on any atom is 0.315 e. The second kappa shape index (κ2) is 8.10. The zero-order valence-corrected chi connectivity index (χ0v) is 13.6. The Balaban J connectivity index is 1.67. The molecule has 2 N–H and O–H groups in total. The van der Waals surface area contributed by atoms with E-state index in [0.717, 1.165) is 5.56 Å². The van der Waals surface area contributed by atoms with Crippen LogP contribution in [0.5, 0.6) is 0 Å². The van der Waals surface area contributed by atoms with Gasteiger partial charge in [0.25, 0.3) is 0 Å². The first-order chi connectivity index (χ1) is 12.2. The second-order valence-electron chi connectivity index (χ2n) is 5.56. The Bertz CT molecular complexity index is 788. The summed E-state index contributed by atoms with van der Waals surface area (Å²) >= 11 is 0. The highest BCUT2D eigenvalue weighted by Crippen LogP contribution is 2.20. The average Bonchev–Trinajstić information content (AvgIpc) is 3.15. The number of benzene rings is 1. The first kappa shape index (κ1) is 16.7. The molecule has 0 spiro atoms. The molecular formula is C19H19FN4O. The van der Waals surface area contributed by atoms with E-state index in [-0.39, 0.29) is 11.8 Å². The van der Waals surface area contributed by atoms with E-state index in [4.69, 9.17) is 0 Å². The molecule has 0 fully saturated rings. The Kier molecular flexibility index (Phi) is 5.41. The van der Waals surface area contributed by atoms with Crippen LogP contribution in [0.15, 0.2) is 73.2 Å². The number of rotatable bonds is 6. The zero-order chi connectivity index (χ0) is 17.5. The molecule has 5 nitrogen and oxygen atoms in total. The van der Waals surface area contributed by atoms with Crippen molar-refractivity contribution < 1.29 is 9.18 Å². The molecule has 0 saturated carbocycles. The summed E-state index contributed by atoms with van der Waals surface area (Å²) in [6, 6.07) is 14.6. The van der Waals surface area contributed by atoms with Gasteiger partial charge in [0, 0.05) is 31.7 Å². The molecule has 6 heteroatoms. The fraction of sp³-hybridized carbons (Fsp3) is 0.158. The number of hydrogen-bond donors (Lipinski definition) is 2. The first-order valence-corrected chi connectivity index (χ1v) is 8.04. The lowest BCUT2D eigenvalue weighted by Crippen LogP contribution is -2.39. The minimum Gasteiger partial charge on any atom is -0.353 e. The molecule has 1 atom stereocenters. The van der Waals surface area contributed by atoms with Gasteiger partial charge in [-0.2, -0.15) is 0 Å². The molecular weight excluding hydrogens is 319 g/mol. The van der Waals surface area contributed by atoms with Crippen LogP contribution in [-0.2, 0) is 6.54 Å². The molecule has 25 heavy (non-hydrogen) atoms. The van der Waals surface area contributed by atoms with Crippen LogP contribution in [0, 0.1) is 5.82 Å². The summed E-state index contributed by atoms with van der Waals surface area (Å²) in [6.07, 6.45) is 5.54. The summed E-state index contributed by atoms with van der Waals surface area (Å²) in [7, 11) is 0. The average molecular weight is 338 g/mol. The molecule has 0 bridgehead atoms. The molecule has 1 aromatic carbocycles. The number of hydrogen-bond acceptors (Lipinski definition) is 2. The van der Waals surface area contributed by atoms with E-state index in [0.29, 0.717) is 18.8 Å². The van der Waals surface area contributed by atoms with Crippen molar-refractivity contribution in [3.8, 4) is 0 Å². The first-order valence-electron chi connectivity index (χ1n) is 8.04. The maximum absolute atomic E-state index is 13.2. The fourth-order valence-corrected chi connectivity index (χ4v) is 2.53. The molecule has 2 amide bonds. The van der Waals surface area contributed by atoms with Gasteiger partial charge in [-0.3, -0.25) is 4.98 Å². The van der Waals surface area contributed by atoms with Crippen LogP contribution in [-0.4, -0.2) is 22.1 Å². The van der Waals surface area contributed by atoms with Crippen molar-refractivity contribution in [3.05, 3.63) is 90.3 Å². The Labute approximate surface area is 145 Å². The fourth-order valence-electron chi connectivity index (χ4n) is 2.53. The third kappa shape index (κ3) is 4.67. The van der Waals surface area contributed by atoms with Crippen LogP contribution in [0.1, 0.15) is 17.3 Å².